The van der Waals surface area contributed by atoms with Crippen molar-refractivity contribution in [2.45, 2.75) is 45.3 Å². The van der Waals surface area contributed by atoms with Gasteiger partial charge >= 0.3 is 0 Å². The first-order valence-corrected chi connectivity index (χ1v) is 10.6. The summed E-state index contributed by atoms with van der Waals surface area (Å²) < 4.78 is 11.2. The van der Waals surface area contributed by atoms with Crippen LogP contribution in [0.3, 0.4) is 0 Å². The van der Waals surface area contributed by atoms with E-state index >= 15 is 0 Å². The lowest BCUT2D eigenvalue weighted by molar-refractivity contribution is 0.0949. The Morgan fingerprint density at radius 3 is 2.70 bits per heavy atom. The van der Waals surface area contributed by atoms with Gasteiger partial charge in [0.1, 0.15) is 23.1 Å². The molecular weight excluding hydrogens is 425 g/mol. The number of benzene rings is 1. The van der Waals surface area contributed by atoms with E-state index in [0.29, 0.717) is 45.1 Å². The molecule has 30 heavy (non-hydrogen) atoms. The minimum atomic E-state index is -0.324. The Hall–Kier alpha value is -2.57. The van der Waals surface area contributed by atoms with Crippen LogP contribution in [-0.4, -0.2) is 22.2 Å². The molecule has 0 saturated heterocycles. The third-order valence-corrected chi connectivity index (χ3v) is 5.76. The fourth-order valence-electron chi connectivity index (χ4n) is 3.61. The van der Waals surface area contributed by atoms with E-state index in [-0.39, 0.29) is 12.0 Å². The van der Waals surface area contributed by atoms with Gasteiger partial charge in [-0.1, -0.05) is 34.4 Å². The van der Waals surface area contributed by atoms with Gasteiger partial charge in [0.15, 0.2) is 0 Å². The molecule has 0 atom stereocenters. The van der Waals surface area contributed by atoms with E-state index in [0.717, 1.165) is 18.4 Å². The van der Waals surface area contributed by atoms with Gasteiger partial charge in [0.2, 0.25) is 5.88 Å². The summed E-state index contributed by atoms with van der Waals surface area (Å²) in [7, 11) is 0. The van der Waals surface area contributed by atoms with Gasteiger partial charge in [-0.2, -0.15) is 0 Å². The van der Waals surface area contributed by atoms with Crippen LogP contribution < -0.4 is 10.1 Å². The molecule has 0 unspecified atom stereocenters. The van der Waals surface area contributed by atoms with Crippen molar-refractivity contribution in [1.29, 1.82) is 0 Å². The maximum Gasteiger partial charge on any atom is 0.257 e. The molecule has 0 radical (unpaired) electrons. The number of nitrogens with one attached hydrogen (secondary N) is 1. The number of ether oxygens (including phenoxy) is 1. The monoisotopic (exact) mass is 445 g/mol. The number of amides is 1. The van der Waals surface area contributed by atoms with Gasteiger partial charge in [-0.15, -0.1) is 0 Å². The lowest BCUT2D eigenvalue weighted by Crippen LogP contribution is -2.24. The van der Waals surface area contributed by atoms with Gasteiger partial charge < -0.3 is 14.6 Å². The van der Waals surface area contributed by atoms with Crippen LogP contribution in [0.1, 0.15) is 47.4 Å². The molecule has 156 valence electrons. The zero-order chi connectivity index (χ0) is 21.1. The van der Waals surface area contributed by atoms with E-state index in [1.54, 1.807) is 31.3 Å². The van der Waals surface area contributed by atoms with Crippen LogP contribution in [0, 0.1) is 6.92 Å². The van der Waals surface area contributed by atoms with Crippen LogP contribution in [-0.2, 0) is 6.54 Å². The molecule has 0 spiro atoms. The first kappa shape index (κ1) is 20.7. The Kier molecular flexibility index (Phi) is 6.25. The number of carbonyl (C=O) groups is 1. The van der Waals surface area contributed by atoms with E-state index in [1.807, 2.05) is 12.1 Å². The van der Waals surface area contributed by atoms with Crippen LogP contribution in [0.15, 0.2) is 41.1 Å². The molecule has 1 aromatic carbocycles. The third kappa shape index (κ3) is 4.45. The number of halogens is 2. The molecule has 4 rings (SSSR count). The molecule has 1 fully saturated rings. The number of aryl methyl sites for hydroxylation is 1. The molecule has 0 bridgehead atoms. The number of carbonyl (C=O) groups excluding carboxylic acids is 1. The minimum absolute atomic E-state index is 0.227. The van der Waals surface area contributed by atoms with Crippen LogP contribution in [0.4, 0.5) is 0 Å². The predicted octanol–water partition coefficient (Wildman–Crippen LogP) is 5.60. The number of rotatable bonds is 6. The van der Waals surface area contributed by atoms with Gasteiger partial charge in [-0.05, 0) is 56.4 Å². The predicted molar refractivity (Wildman–Crippen MR) is 115 cm³/mol. The molecule has 1 aliphatic carbocycles. The van der Waals surface area contributed by atoms with Crippen LogP contribution in [0.5, 0.6) is 5.88 Å². The van der Waals surface area contributed by atoms with E-state index in [4.69, 9.17) is 32.5 Å². The number of nitrogens with zero attached hydrogens (tertiary/aromatic N) is 2. The molecule has 3 aromatic rings. The summed E-state index contributed by atoms with van der Waals surface area (Å²) in [5.74, 6) is 0.645. The topological polar surface area (TPSA) is 77.3 Å². The van der Waals surface area contributed by atoms with E-state index in [1.165, 1.54) is 12.8 Å². The van der Waals surface area contributed by atoms with E-state index < -0.39 is 0 Å². The quantitative estimate of drug-likeness (QED) is 0.533. The second-order valence-corrected chi connectivity index (χ2v) is 8.08. The molecule has 2 heterocycles. The number of hydrogen-bond acceptors (Lipinski definition) is 5. The number of aromatic nitrogens is 2. The largest absolute Gasteiger partial charge is 0.474 e. The van der Waals surface area contributed by atoms with Gasteiger partial charge in [0.25, 0.3) is 5.91 Å². The van der Waals surface area contributed by atoms with Crippen molar-refractivity contribution >= 4 is 29.1 Å². The number of hydrogen-bond donors (Lipinski definition) is 1. The first-order valence-electron chi connectivity index (χ1n) is 9.83. The van der Waals surface area contributed by atoms with Crippen molar-refractivity contribution < 1.29 is 14.1 Å². The molecule has 0 aliphatic heterocycles. The molecule has 8 heteroatoms. The maximum absolute atomic E-state index is 12.9. The fourth-order valence-corrected chi connectivity index (χ4v) is 4.18. The number of pyridine rings is 1. The molecule has 1 amide bonds. The highest BCUT2D eigenvalue weighted by Gasteiger charge is 2.25. The normalized spacial score (nSPS) is 14.1. The lowest BCUT2D eigenvalue weighted by atomic mass is 10.1. The van der Waals surface area contributed by atoms with Gasteiger partial charge in [0, 0.05) is 24.4 Å². The van der Waals surface area contributed by atoms with E-state index in [2.05, 4.69) is 15.5 Å². The average molecular weight is 446 g/mol. The van der Waals surface area contributed by atoms with Crippen molar-refractivity contribution in [3.05, 3.63) is 63.5 Å². The summed E-state index contributed by atoms with van der Waals surface area (Å²) in [5.41, 5.74) is 1.99. The SMILES string of the molecule is Cc1onc(-c2c(Cl)cccc2Cl)c1C(=O)NCc1ccnc(OC2CCCC2)c1. The fraction of sp³-hybridized carbons (Fsp3) is 0.318. The Balaban J connectivity index is 1.50. The highest BCUT2D eigenvalue weighted by atomic mass is 35.5. The summed E-state index contributed by atoms with van der Waals surface area (Å²) in [6, 6.07) is 8.81. The lowest BCUT2D eigenvalue weighted by Gasteiger charge is -2.13. The first-order chi connectivity index (χ1) is 14.5. The standard InChI is InChI=1S/C22H21Cl2N3O3/c1-13-19(21(27-30-13)20-16(23)7-4-8-17(20)24)22(28)26-12-14-9-10-25-18(11-14)29-15-5-2-3-6-15/h4,7-11,15H,2-3,5-6,12H2,1H3,(H,26,28). The van der Waals surface area contributed by atoms with Crippen LogP contribution in [0.25, 0.3) is 11.3 Å². The molecule has 1 N–H and O–H groups in total. The summed E-state index contributed by atoms with van der Waals surface area (Å²) in [6.07, 6.45) is 6.41. The van der Waals surface area contributed by atoms with Gasteiger partial charge in [-0.3, -0.25) is 4.79 Å². The molecule has 6 nitrogen and oxygen atoms in total. The molecule has 2 aromatic heterocycles. The Bertz CT molecular complexity index is 1040. The highest BCUT2D eigenvalue weighted by molar-refractivity contribution is 6.39. The molecule has 1 aliphatic rings. The van der Waals surface area contributed by atoms with E-state index in [9.17, 15) is 4.79 Å². The zero-order valence-electron chi connectivity index (χ0n) is 16.5. The second kappa shape index (κ2) is 9.06. The van der Waals surface area contributed by atoms with Crippen LogP contribution >= 0.6 is 23.2 Å². The van der Waals surface area contributed by atoms with Crippen molar-refractivity contribution in [1.82, 2.24) is 15.5 Å². The smallest absolute Gasteiger partial charge is 0.257 e. The third-order valence-electron chi connectivity index (χ3n) is 5.13. The summed E-state index contributed by atoms with van der Waals surface area (Å²) >= 11 is 12.6. The second-order valence-electron chi connectivity index (χ2n) is 7.27. The average Bonchev–Trinajstić information content (AvgIpc) is 3.36. The Morgan fingerprint density at radius 2 is 1.97 bits per heavy atom. The van der Waals surface area contributed by atoms with Gasteiger partial charge in [-0.25, -0.2) is 4.98 Å². The Labute approximate surface area is 184 Å². The molecular formula is C22H21Cl2N3O3. The van der Waals surface area contributed by atoms with Crippen LogP contribution in [0.2, 0.25) is 10.0 Å². The van der Waals surface area contributed by atoms with Crippen molar-refractivity contribution in [2.75, 3.05) is 0 Å². The zero-order valence-corrected chi connectivity index (χ0v) is 18.0. The summed E-state index contributed by atoms with van der Waals surface area (Å²) in [6.45, 7) is 1.98. The Morgan fingerprint density at radius 1 is 1.23 bits per heavy atom. The minimum Gasteiger partial charge on any atom is -0.474 e. The van der Waals surface area contributed by atoms with Crippen molar-refractivity contribution in [3.63, 3.8) is 0 Å². The van der Waals surface area contributed by atoms with Crippen molar-refractivity contribution in [2.24, 2.45) is 0 Å². The summed E-state index contributed by atoms with van der Waals surface area (Å²) in [5, 5.41) is 7.72. The molecule has 1 saturated carbocycles. The highest BCUT2D eigenvalue weighted by Crippen LogP contribution is 2.36. The maximum atomic E-state index is 12.9. The summed E-state index contributed by atoms with van der Waals surface area (Å²) in [4.78, 5) is 17.2. The van der Waals surface area contributed by atoms with Gasteiger partial charge in [0.05, 0.1) is 10.0 Å². The van der Waals surface area contributed by atoms with Crippen molar-refractivity contribution in [3.8, 4) is 17.1 Å².